The Morgan fingerprint density at radius 2 is 1.84 bits per heavy atom. The summed E-state index contributed by atoms with van der Waals surface area (Å²) >= 11 is 0.873. The van der Waals surface area contributed by atoms with Gasteiger partial charge in [0.25, 0.3) is 11.2 Å². The largest absolute Gasteiger partial charge is 0.293 e. The summed E-state index contributed by atoms with van der Waals surface area (Å²) < 4.78 is 28.9. The number of carbonyl (C=O) groups is 1. The Morgan fingerprint density at radius 1 is 1.06 bits per heavy atom. The van der Waals surface area contributed by atoms with E-state index in [4.69, 9.17) is 0 Å². The maximum Gasteiger partial charge on any atom is 0.270 e. The first-order valence-electron chi connectivity index (χ1n) is 9.23. The molecule has 0 aliphatic carbocycles. The lowest BCUT2D eigenvalue weighted by Crippen LogP contribution is -2.23. The number of Topliss-reactive ketones (excluding diaryl/α,β-unsaturated/α-hetero) is 1. The van der Waals surface area contributed by atoms with Crippen LogP contribution in [0.4, 0.5) is 14.5 Å². The molecule has 1 aromatic heterocycles. The molecule has 0 aliphatic heterocycles. The van der Waals surface area contributed by atoms with Gasteiger partial charge in [-0.05, 0) is 24.3 Å². The zero-order chi connectivity index (χ0) is 22.8. The Balaban J connectivity index is 1.76. The number of non-ortho nitro benzene ring substituents is 1. The summed E-state index contributed by atoms with van der Waals surface area (Å²) in [6, 6.07) is 14.5. The average molecular weight is 453 g/mol. The molecule has 0 fully saturated rings. The highest BCUT2D eigenvalue weighted by molar-refractivity contribution is 7.99. The zero-order valence-electron chi connectivity index (χ0n) is 16.2. The summed E-state index contributed by atoms with van der Waals surface area (Å²) in [5, 5.41) is 11.2. The van der Waals surface area contributed by atoms with Crippen molar-refractivity contribution in [2.75, 3.05) is 5.75 Å². The summed E-state index contributed by atoms with van der Waals surface area (Å²) in [6.07, 6.45) is 0. The minimum Gasteiger partial charge on any atom is -0.293 e. The molecule has 0 unspecified atom stereocenters. The molecule has 1 heterocycles. The van der Waals surface area contributed by atoms with Gasteiger partial charge in [0.15, 0.2) is 10.9 Å². The van der Waals surface area contributed by atoms with Crippen LogP contribution in [-0.2, 0) is 0 Å². The molecule has 4 aromatic rings. The van der Waals surface area contributed by atoms with Crippen LogP contribution in [0.2, 0.25) is 0 Å². The Labute approximate surface area is 183 Å². The van der Waals surface area contributed by atoms with Crippen LogP contribution in [0.3, 0.4) is 0 Å². The fourth-order valence-corrected chi connectivity index (χ4v) is 3.99. The molecule has 0 atom stereocenters. The molecular weight excluding hydrogens is 440 g/mol. The number of hydrogen-bond acceptors (Lipinski definition) is 6. The highest BCUT2D eigenvalue weighted by atomic mass is 32.2. The van der Waals surface area contributed by atoms with Crippen LogP contribution in [0.15, 0.2) is 76.7 Å². The van der Waals surface area contributed by atoms with Gasteiger partial charge < -0.3 is 0 Å². The van der Waals surface area contributed by atoms with Gasteiger partial charge in [-0.3, -0.25) is 24.3 Å². The minimum absolute atomic E-state index is 0.0259. The number of nitrogens with zero attached hydrogens (tertiary/aromatic N) is 3. The van der Waals surface area contributed by atoms with Crippen molar-refractivity contribution in [3.05, 3.63) is 104 Å². The van der Waals surface area contributed by atoms with Crippen LogP contribution in [0.1, 0.15) is 10.4 Å². The molecule has 10 heteroatoms. The molecule has 0 aliphatic rings. The maximum absolute atomic E-state index is 14.5. The SMILES string of the molecule is O=C(CSc1nc2ccccc2c(=O)n1-c1ccc(F)cc1F)c1cccc([N+](=O)[O-])c1. The molecule has 0 bridgehead atoms. The lowest BCUT2D eigenvalue weighted by atomic mass is 10.1. The van der Waals surface area contributed by atoms with E-state index in [9.17, 15) is 28.5 Å². The highest BCUT2D eigenvalue weighted by Gasteiger charge is 2.19. The first-order valence-corrected chi connectivity index (χ1v) is 10.2. The fourth-order valence-electron chi connectivity index (χ4n) is 3.09. The minimum atomic E-state index is -0.962. The maximum atomic E-state index is 14.5. The van der Waals surface area contributed by atoms with Gasteiger partial charge in [-0.2, -0.15) is 0 Å². The number of thioether (sulfide) groups is 1. The van der Waals surface area contributed by atoms with Crippen LogP contribution in [0, 0.1) is 21.7 Å². The summed E-state index contributed by atoms with van der Waals surface area (Å²) in [5.41, 5.74) is -0.544. The smallest absolute Gasteiger partial charge is 0.270 e. The number of carbonyl (C=O) groups excluding carboxylic acids is 1. The predicted octanol–water partition coefficient (Wildman–Crippen LogP) is 4.55. The van der Waals surface area contributed by atoms with Crippen LogP contribution in [0.25, 0.3) is 16.6 Å². The second kappa shape index (κ2) is 8.67. The average Bonchev–Trinajstić information content (AvgIpc) is 2.78. The topological polar surface area (TPSA) is 95.1 Å². The molecule has 3 aromatic carbocycles. The number of para-hydroxylation sites is 1. The fraction of sp³-hybridized carbons (Fsp3) is 0.0455. The summed E-state index contributed by atoms with van der Waals surface area (Å²) in [4.78, 5) is 40.5. The van der Waals surface area contributed by atoms with E-state index in [2.05, 4.69) is 4.98 Å². The van der Waals surface area contributed by atoms with E-state index in [0.717, 1.165) is 34.5 Å². The number of benzene rings is 3. The van der Waals surface area contributed by atoms with Gasteiger partial charge in [0.1, 0.15) is 11.6 Å². The Bertz CT molecular complexity index is 1440. The number of nitro benzene ring substituents is 1. The molecule has 4 rings (SSSR count). The zero-order valence-corrected chi connectivity index (χ0v) is 17.0. The molecule has 160 valence electrons. The molecule has 7 nitrogen and oxygen atoms in total. The first-order chi connectivity index (χ1) is 15.3. The number of halogens is 2. The lowest BCUT2D eigenvalue weighted by Gasteiger charge is -2.13. The van der Waals surface area contributed by atoms with E-state index in [1.165, 1.54) is 24.3 Å². The summed E-state index contributed by atoms with van der Waals surface area (Å²) in [6.45, 7) is 0. The van der Waals surface area contributed by atoms with Gasteiger partial charge in [-0.15, -0.1) is 0 Å². The first kappa shape index (κ1) is 21.3. The van der Waals surface area contributed by atoms with E-state index in [1.54, 1.807) is 18.2 Å². The monoisotopic (exact) mass is 453 g/mol. The standard InChI is InChI=1S/C22H13F2N3O4S/c23-14-8-9-19(17(24)11-14)26-21(29)16-6-1-2-7-18(16)25-22(26)32-12-20(28)13-4-3-5-15(10-13)27(30)31/h1-11H,12H2. The second-order valence-electron chi connectivity index (χ2n) is 6.67. The third kappa shape index (κ3) is 4.12. The van der Waals surface area contributed by atoms with Crippen LogP contribution in [0.5, 0.6) is 0 Å². The van der Waals surface area contributed by atoms with Crippen molar-refractivity contribution in [1.29, 1.82) is 0 Å². The Kier molecular flexibility index (Phi) is 5.78. The number of nitro groups is 1. The molecular formula is C22H13F2N3O4S. The van der Waals surface area contributed by atoms with Crippen molar-refractivity contribution in [3.63, 3.8) is 0 Å². The Morgan fingerprint density at radius 3 is 2.59 bits per heavy atom. The van der Waals surface area contributed by atoms with Gasteiger partial charge in [0, 0.05) is 23.8 Å². The van der Waals surface area contributed by atoms with Crippen molar-refractivity contribution in [1.82, 2.24) is 9.55 Å². The van der Waals surface area contributed by atoms with E-state index in [1.807, 2.05) is 0 Å². The number of fused-ring (bicyclic) bond motifs is 1. The predicted molar refractivity (Wildman–Crippen MR) is 115 cm³/mol. The van der Waals surface area contributed by atoms with E-state index in [0.29, 0.717) is 11.6 Å². The van der Waals surface area contributed by atoms with Crippen molar-refractivity contribution in [2.24, 2.45) is 0 Å². The van der Waals surface area contributed by atoms with Gasteiger partial charge >= 0.3 is 0 Å². The second-order valence-corrected chi connectivity index (χ2v) is 7.61. The molecule has 32 heavy (non-hydrogen) atoms. The van der Waals surface area contributed by atoms with Crippen molar-refractivity contribution in [2.45, 2.75) is 5.16 Å². The number of hydrogen-bond donors (Lipinski definition) is 0. The quantitative estimate of drug-likeness (QED) is 0.140. The molecule has 0 saturated heterocycles. The molecule has 0 spiro atoms. The summed E-state index contributed by atoms with van der Waals surface area (Å²) in [5.74, 6) is -2.42. The van der Waals surface area contributed by atoms with Crippen LogP contribution < -0.4 is 5.56 Å². The third-order valence-electron chi connectivity index (χ3n) is 4.61. The number of aromatic nitrogens is 2. The van der Waals surface area contributed by atoms with Gasteiger partial charge in [-0.1, -0.05) is 36.0 Å². The molecule has 0 radical (unpaired) electrons. The van der Waals surface area contributed by atoms with E-state index in [-0.39, 0.29) is 33.2 Å². The van der Waals surface area contributed by atoms with Crippen LogP contribution in [-0.4, -0.2) is 26.0 Å². The Hall–Kier alpha value is -3.92. The highest BCUT2D eigenvalue weighted by Crippen LogP contribution is 2.24. The van der Waals surface area contributed by atoms with Crippen molar-refractivity contribution < 1.29 is 18.5 Å². The van der Waals surface area contributed by atoms with Gasteiger partial charge in [-0.25, -0.2) is 13.8 Å². The van der Waals surface area contributed by atoms with Gasteiger partial charge in [0.05, 0.1) is 27.3 Å². The molecule has 0 N–H and O–H groups in total. The molecule has 0 saturated carbocycles. The molecule has 0 amide bonds. The van der Waals surface area contributed by atoms with Gasteiger partial charge in [0.2, 0.25) is 0 Å². The van der Waals surface area contributed by atoms with Crippen LogP contribution >= 0.6 is 11.8 Å². The number of rotatable bonds is 6. The van der Waals surface area contributed by atoms with E-state index >= 15 is 0 Å². The third-order valence-corrected chi connectivity index (χ3v) is 5.55. The number of ketones is 1. The van der Waals surface area contributed by atoms with Crippen molar-refractivity contribution >= 4 is 34.1 Å². The van der Waals surface area contributed by atoms with E-state index < -0.39 is 27.9 Å². The van der Waals surface area contributed by atoms with Crippen molar-refractivity contribution in [3.8, 4) is 5.69 Å². The normalized spacial score (nSPS) is 10.9. The lowest BCUT2D eigenvalue weighted by molar-refractivity contribution is -0.384. The summed E-state index contributed by atoms with van der Waals surface area (Å²) in [7, 11) is 0.